The topological polar surface area (TPSA) is 29.5 Å². The maximum atomic E-state index is 9.18. The Hall–Kier alpha value is 0.270. The molecule has 0 aliphatic heterocycles. The summed E-state index contributed by atoms with van der Waals surface area (Å²) in [5.41, 5.74) is 0. The van der Waals surface area contributed by atoms with Crippen LogP contribution in [0.4, 0.5) is 0 Å². The van der Waals surface area contributed by atoms with Crippen LogP contribution in [-0.2, 0) is 4.74 Å². The molecule has 0 bridgehead atoms. The van der Waals surface area contributed by atoms with Crippen LogP contribution in [0.2, 0.25) is 0 Å². The van der Waals surface area contributed by atoms with Gasteiger partial charge in [-0.3, -0.25) is 0 Å². The lowest BCUT2D eigenvalue weighted by Gasteiger charge is -2.13. The number of ether oxygens (including phenoxy) is 1. The molecule has 0 aliphatic carbocycles. The van der Waals surface area contributed by atoms with Crippen molar-refractivity contribution in [3.8, 4) is 0 Å². The molecule has 0 rings (SSSR count). The first kappa shape index (κ1) is 12.3. The van der Waals surface area contributed by atoms with E-state index in [9.17, 15) is 5.11 Å². The predicted octanol–water partition coefficient (Wildman–Crippen LogP) is 1.92. The number of aliphatic hydroxyl groups is 1. The zero-order valence-electron chi connectivity index (χ0n) is 8.25. The molecule has 2 nitrogen and oxygen atoms in total. The molecule has 0 aliphatic rings. The summed E-state index contributed by atoms with van der Waals surface area (Å²) < 4.78 is 4.94. The number of rotatable bonds is 7. The minimum absolute atomic E-state index is 0.197. The fourth-order valence-electron chi connectivity index (χ4n) is 0.757. The highest BCUT2D eigenvalue weighted by Gasteiger charge is 2.07. The normalized spacial score (nSPS) is 16.0. The van der Waals surface area contributed by atoms with Crippen LogP contribution in [-0.4, -0.2) is 35.9 Å². The summed E-state index contributed by atoms with van der Waals surface area (Å²) in [6.07, 6.45) is 2.10. The van der Waals surface area contributed by atoms with E-state index in [-0.39, 0.29) is 6.10 Å². The van der Waals surface area contributed by atoms with Crippen LogP contribution in [0.1, 0.15) is 26.7 Å². The van der Waals surface area contributed by atoms with Crippen molar-refractivity contribution in [1.29, 1.82) is 0 Å². The molecule has 0 saturated carbocycles. The van der Waals surface area contributed by atoms with Gasteiger partial charge in [-0.05, 0) is 25.5 Å². The molecule has 1 N–H and O–H groups in total. The van der Waals surface area contributed by atoms with Crippen LogP contribution in [0.5, 0.6) is 0 Å². The first-order valence-corrected chi connectivity index (χ1v) is 5.52. The van der Waals surface area contributed by atoms with Crippen LogP contribution in [0.25, 0.3) is 0 Å². The second-order valence-electron chi connectivity index (χ2n) is 3.02. The van der Waals surface area contributed by atoms with E-state index in [4.69, 9.17) is 4.74 Å². The highest BCUT2D eigenvalue weighted by atomic mass is 32.2. The van der Waals surface area contributed by atoms with Gasteiger partial charge >= 0.3 is 0 Å². The van der Waals surface area contributed by atoms with Crippen molar-refractivity contribution < 1.29 is 9.84 Å². The maximum Gasteiger partial charge on any atom is 0.0627 e. The maximum absolute atomic E-state index is 9.18. The average Bonchev–Trinajstić information content (AvgIpc) is 2.03. The van der Waals surface area contributed by atoms with E-state index in [0.717, 1.165) is 18.8 Å². The Kier molecular flexibility index (Phi) is 8.07. The van der Waals surface area contributed by atoms with Gasteiger partial charge in [0.05, 0.1) is 6.10 Å². The van der Waals surface area contributed by atoms with Crippen molar-refractivity contribution in [1.82, 2.24) is 0 Å². The van der Waals surface area contributed by atoms with E-state index in [1.807, 2.05) is 18.7 Å². The molecule has 0 aromatic heterocycles. The largest absolute Gasteiger partial charge is 0.392 e. The molecule has 0 radical (unpaired) electrons. The van der Waals surface area contributed by atoms with Gasteiger partial charge in [0.15, 0.2) is 0 Å². The molecule has 3 heteroatoms. The van der Waals surface area contributed by atoms with E-state index in [0.29, 0.717) is 5.25 Å². The minimum atomic E-state index is -0.197. The number of hydrogen-bond donors (Lipinski definition) is 1. The van der Waals surface area contributed by atoms with Crippen molar-refractivity contribution in [2.75, 3.05) is 19.5 Å². The quantitative estimate of drug-likeness (QED) is 0.625. The Morgan fingerprint density at radius 3 is 2.50 bits per heavy atom. The van der Waals surface area contributed by atoms with Crippen molar-refractivity contribution in [2.24, 2.45) is 0 Å². The van der Waals surface area contributed by atoms with Crippen molar-refractivity contribution >= 4 is 11.8 Å². The molecular weight excluding hydrogens is 172 g/mol. The third kappa shape index (κ3) is 6.95. The SMILES string of the molecule is COCCCCSC(C)C(C)O. The zero-order chi connectivity index (χ0) is 9.40. The molecular formula is C9H20O2S. The fraction of sp³-hybridized carbons (Fsp3) is 1.00. The summed E-state index contributed by atoms with van der Waals surface area (Å²) in [7, 11) is 1.73. The average molecular weight is 192 g/mol. The highest BCUT2D eigenvalue weighted by molar-refractivity contribution is 7.99. The third-order valence-electron chi connectivity index (χ3n) is 1.80. The summed E-state index contributed by atoms with van der Waals surface area (Å²) in [6, 6.07) is 0. The molecule has 0 aromatic carbocycles. The second-order valence-corrected chi connectivity index (χ2v) is 4.50. The monoisotopic (exact) mass is 192 g/mol. The Morgan fingerprint density at radius 1 is 1.33 bits per heavy atom. The van der Waals surface area contributed by atoms with Gasteiger partial charge in [0.2, 0.25) is 0 Å². The molecule has 0 heterocycles. The first-order chi connectivity index (χ1) is 5.68. The van der Waals surface area contributed by atoms with Gasteiger partial charge < -0.3 is 9.84 Å². The summed E-state index contributed by atoms with van der Waals surface area (Å²) >= 11 is 1.83. The molecule has 0 spiro atoms. The molecule has 0 fully saturated rings. The molecule has 0 aromatic rings. The number of methoxy groups -OCH3 is 1. The van der Waals surface area contributed by atoms with E-state index in [1.54, 1.807) is 7.11 Å². The van der Waals surface area contributed by atoms with Gasteiger partial charge in [0.25, 0.3) is 0 Å². The van der Waals surface area contributed by atoms with Crippen LogP contribution in [0, 0.1) is 0 Å². The van der Waals surface area contributed by atoms with Crippen molar-refractivity contribution in [3.05, 3.63) is 0 Å². The summed E-state index contributed by atoms with van der Waals surface area (Å²) in [4.78, 5) is 0. The Labute approximate surface area is 79.7 Å². The van der Waals surface area contributed by atoms with E-state index < -0.39 is 0 Å². The molecule has 2 unspecified atom stereocenters. The second kappa shape index (κ2) is 7.90. The molecule has 2 atom stereocenters. The van der Waals surface area contributed by atoms with Crippen LogP contribution in [0.3, 0.4) is 0 Å². The smallest absolute Gasteiger partial charge is 0.0627 e. The Bertz CT molecular complexity index is 96.5. The van der Waals surface area contributed by atoms with Crippen molar-refractivity contribution in [2.45, 2.75) is 38.0 Å². The number of unbranched alkanes of at least 4 members (excludes halogenated alkanes) is 1. The summed E-state index contributed by atoms with van der Waals surface area (Å²) in [5, 5.41) is 9.53. The Morgan fingerprint density at radius 2 is 2.00 bits per heavy atom. The lowest BCUT2D eigenvalue weighted by Crippen LogP contribution is -2.15. The summed E-state index contributed by atoms with van der Waals surface area (Å²) in [6.45, 7) is 4.75. The number of thioether (sulfide) groups is 1. The Balaban J connectivity index is 3.08. The predicted molar refractivity (Wildman–Crippen MR) is 54.7 cm³/mol. The van der Waals surface area contributed by atoms with Gasteiger partial charge in [-0.2, -0.15) is 11.8 Å². The summed E-state index contributed by atoms with van der Waals surface area (Å²) in [5.74, 6) is 1.12. The highest BCUT2D eigenvalue weighted by Crippen LogP contribution is 2.15. The first-order valence-electron chi connectivity index (χ1n) is 4.47. The van der Waals surface area contributed by atoms with E-state index >= 15 is 0 Å². The minimum Gasteiger partial charge on any atom is -0.392 e. The van der Waals surface area contributed by atoms with Crippen LogP contribution >= 0.6 is 11.8 Å². The zero-order valence-corrected chi connectivity index (χ0v) is 9.06. The lowest BCUT2D eigenvalue weighted by molar-refractivity contribution is 0.193. The van der Waals surface area contributed by atoms with Crippen molar-refractivity contribution in [3.63, 3.8) is 0 Å². The molecule has 0 amide bonds. The van der Waals surface area contributed by atoms with Gasteiger partial charge in [-0.15, -0.1) is 0 Å². The van der Waals surface area contributed by atoms with Gasteiger partial charge in [0.1, 0.15) is 0 Å². The van der Waals surface area contributed by atoms with E-state index in [1.165, 1.54) is 6.42 Å². The van der Waals surface area contributed by atoms with E-state index in [2.05, 4.69) is 6.92 Å². The van der Waals surface area contributed by atoms with Gasteiger partial charge in [0, 0.05) is 19.0 Å². The number of aliphatic hydroxyl groups excluding tert-OH is 1. The lowest BCUT2D eigenvalue weighted by atomic mass is 10.3. The molecule has 12 heavy (non-hydrogen) atoms. The molecule has 74 valence electrons. The fourth-order valence-corrected chi connectivity index (χ4v) is 1.78. The van der Waals surface area contributed by atoms with Crippen LogP contribution in [0.15, 0.2) is 0 Å². The van der Waals surface area contributed by atoms with Gasteiger partial charge in [-0.1, -0.05) is 6.92 Å². The standard InChI is InChI=1S/C9H20O2S/c1-8(10)9(2)12-7-5-4-6-11-3/h8-10H,4-7H2,1-3H3. The number of hydrogen-bond acceptors (Lipinski definition) is 3. The van der Waals surface area contributed by atoms with Crippen LogP contribution < -0.4 is 0 Å². The van der Waals surface area contributed by atoms with Gasteiger partial charge in [-0.25, -0.2) is 0 Å². The molecule has 0 saturated heterocycles. The third-order valence-corrected chi connectivity index (χ3v) is 3.25.